The number of hydrogen-bond acceptors (Lipinski definition) is 3. The van der Waals surface area contributed by atoms with E-state index in [9.17, 15) is 4.79 Å². The molecule has 1 aliphatic carbocycles. The number of carbonyl (C=O) groups excluding carboxylic acids is 1. The van der Waals surface area contributed by atoms with E-state index in [-0.39, 0.29) is 5.91 Å². The first kappa shape index (κ1) is 17.1. The summed E-state index contributed by atoms with van der Waals surface area (Å²) in [6.07, 6.45) is 5.67. The van der Waals surface area contributed by atoms with Crippen LogP contribution in [0.5, 0.6) is 11.5 Å². The molecule has 0 aromatic heterocycles. The molecule has 2 aromatic rings. The first-order valence-electron chi connectivity index (χ1n) is 8.45. The standard InChI is InChI=1S/C21H23NO3/c1-24-19-10-3-16(4-11-19)7-14-21(23)22(18-8-9-18)15-17-5-12-20(25-2)13-6-17/h3-7,10-14,18H,8-9,15H2,1-2H3. The molecule has 0 bridgehead atoms. The van der Waals surface area contributed by atoms with Gasteiger partial charge in [-0.05, 0) is 54.3 Å². The van der Waals surface area contributed by atoms with E-state index in [0.717, 1.165) is 35.5 Å². The van der Waals surface area contributed by atoms with Gasteiger partial charge in [0, 0.05) is 18.7 Å². The predicted molar refractivity (Wildman–Crippen MR) is 98.6 cm³/mol. The number of rotatable bonds is 7. The molecule has 4 nitrogen and oxygen atoms in total. The molecule has 0 unspecified atom stereocenters. The van der Waals surface area contributed by atoms with Crippen LogP contribution in [-0.4, -0.2) is 31.1 Å². The molecule has 0 heterocycles. The first-order chi connectivity index (χ1) is 12.2. The van der Waals surface area contributed by atoms with Gasteiger partial charge in [0.05, 0.1) is 14.2 Å². The van der Waals surface area contributed by atoms with Crippen molar-refractivity contribution in [2.24, 2.45) is 0 Å². The number of amides is 1. The van der Waals surface area contributed by atoms with Crippen LogP contribution in [0.1, 0.15) is 24.0 Å². The summed E-state index contributed by atoms with van der Waals surface area (Å²) in [6.45, 7) is 0.625. The van der Waals surface area contributed by atoms with Crippen molar-refractivity contribution in [1.29, 1.82) is 0 Å². The molecule has 3 rings (SSSR count). The zero-order valence-electron chi connectivity index (χ0n) is 14.6. The van der Waals surface area contributed by atoms with Gasteiger partial charge in [0.1, 0.15) is 11.5 Å². The van der Waals surface area contributed by atoms with Gasteiger partial charge >= 0.3 is 0 Å². The van der Waals surface area contributed by atoms with E-state index in [1.54, 1.807) is 20.3 Å². The number of nitrogens with zero attached hydrogens (tertiary/aromatic N) is 1. The number of ether oxygens (including phenoxy) is 2. The van der Waals surface area contributed by atoms with Gasteiger partial charge in [-0.1, -0.05) is 24.3 Å². The third-order valence-electron chi connectivity index (χ3n) is 4.32. The van der Waals surface area contributed by atoms with Crippen LogP contribution in [-0.2, 0) is 11.3 Å². The van der Waals surface area contributed by atoms with Crippen molar-refractivity contribution >= 4 is 12.0 Å². The Hall–Kier alpha value is -2.75. The summed E-state index contributed by atoms with van der Waals surface area (Å²) in [5, 5.41) is 0. The van der Waals surface area contributed by atoms with Crippen molar-refractivity contribution in [3.63, 3.8) is 0 Å². The van der Waals surface area contributed by atoms with E-state index in [1.807, 2.05) is 59.5 Å². The second-order valence-corrected chi connectivity index (χ2v) is 6.15. The molecule has 0 aliphatic heterocycles. The molecule has 0 radical (unpaired) electrons. The fraction of sp³-hybridized carbons (Fsp3) is 0.286. The van der Waals surface area contributed by atoms with Gasteiger partial charge in [0.15, 0.2) is 0 Å². The summed E-state index contributed by atoms with van der Waals surface area (Å²) < 4.78 is 10.3. The van der Waals surface area contributed by atoms with Gasteiger partial charge < -0.3 is 14.4 Å². The summed E-state index contributed by atoms with van der Waals surface area (Å²) in [6, 6.07) is 15.9. The highest BCUT2D eigenvalue weighted by Crippen LogP contribution is 2.29. The molecule has 0 saturated heterocycles. The molecule has 1 fully saturated rings. The van der Waals surface area contributed by atoms with E-state index >= 15 is 0 Å². The van der Waals surface area contributed by atoms with E-state index in [2.05, 4.69) is 0 Å². The van der Waals surface area contributed by atoms with Crippen molar-refractivity contribution in [1.82, 2.24) is 4.90 Å². The van der Waals surface area contributed by atoms with Crippen molar-refractivity contribution in [3.8, 4) is 11.5 Å². The highest BCUT2D eigenvalue weighted by molar-refractivity contribution is 5.92. The van der Waals surface area contributed by atoms with Gasteiger partial charge in [-0.3, -0.25) is 4.79 Å². The molecule has 1 amide bonds. The molecule has 0 spiro atoms. The van der Waals surface area contributed by atoms with Gasteiger partial charge in [-0.25, -0.2) is 0 Å². The fourth-order valence-electron chi connectivity index (χ4n) is 2.68. The highest BCUT2D eigenvalue weighted by Gasteiger charge is 2.31. The lowest BCUT2D eigenvalue weighted by Gasteiger charge is -2.21. The SMILES string of the molecule is COc1ccc(C=CC(=O)N(Cc2ccc(OC)cc2)C2CC2)cc1. The summed E-state index contributed by atoms with van der Waals surface area (Å²) in [4.78, 5) is 14.6. The van der Waals surface area contributed by atoms with Crippen LogP contribution in [0.15, 0.2) is 54.6 Å². The van der Waals surface area contributed by atoms with Crippen molar-refractivity contribution in [2.45, 2.75) is 25.4 Å². The minimum Gasteiger partial charge on any atom is -0.497 e. The van der Waals surface area contributed by atoms with Crippen LogP contribution in [0.3, 0.4) is 0 Å². The predicted octanol–water partition coefficient (Wildman–Crippen LogP) is 3.91. The third kappa shape index (κ3) is 4.63. The molecule has 1 saturated carbocycles. The van der Waals surface area contributed by atoms with Crippen LogP contribution in [0.25, 0.3) is 6.08 Å². The molecule has 0 N–H and O–H groups in total. The average molecular weight is 337 g/mol. The Kier molecular flexibility index (Phi) is 5.39. The van der Waals surface area contributed by atoms with Gasteiger partial charge in [0.25, 0.3) is 0 Å². The lowest BCUT2D eigenvalue weighted by atomic mass is 10.2. The molecule has 4 heteroatoms. The molecule has 25 heavy (non-hydrogen) atoms. The van der Waals surface area contributed by atoms with E-state index in [4.69, 9.17) is 9.47 Å². The van der Waals surface area contributed by atoms with Crippen molar-refractivity contribution in [3.05, 3.63) is 65.7 Å². The van der Waals surface area contributed by atoms with Crippen molar-refractivity contribution in [2.75, 3.05) is 14.2 Å². The molecule has 2 aromatic carbocycles. The second-order valence-electron chi connectivity index (χ2n) is 6.15. The first-order valence-corrected chi connectivity index (χ1v) is 8.45. The van der Waals surface area contributed by atoms with Gasteiger partial charge in [-0.2, -0.15) is 0 Å². The minimum absolute atomic E-state index is 0.0501. The highest BCUT2D eigenvalue weighted by atomic mass is 16.5. The molecule has 130 valence electrons. The maximum Gasteiger partial charge on any atom is 0.247 e. The number of hydrogen-bond donors (Lipinski definition) is 0. The summed E-state index contributed by atoms with van der Waals surface area (Å²) in [7, 11) is 3.29. The quantitative estimate of drug-likeness (QED) is 0.719. The molecular weight excluding hydrogens is 314 g/mol. The van der Waals surface area contributed by atoms with Crippen LogP contribution >= 0.6 is 0 Å². The van der Waals surface area contributed by atoms with Gasteiger partial charge in [-0.15, -0.1) is 0 Å². The maximum absolute atomic E-state index is 12.6. The topological polar surface area (TPSA) is 38.8 Å². The Bertz CT molecular complexity index is 731. The molecule has 0 atom stereocenters. The fourth-order valence-corrected chi connectivity index (χ4v) is 2.68. The lowest BCUT2D eigenvalue weighted by Crippen LogP contribution is -2.31. The Morgan fingerprint density at radius 2 is 1.56 bits per heavy atom. The number of benzene rings is 2. The maximum atomic E-state index is 12.6. The Morgan fingerprint density at radius 1 is 1.00 bits per heavy atom. The lowest BCUT2D eigenvalue weighted by molar-refractivity contribution is -0.127. The average Bonchev–Trinajstić information content (AvgIpc) is 3.50. The van der Waals surface area contributed by atoms with Crippen LogP contribution < -0.4 is 9.47 Å². The van der Waals surface area contributed by atoms with E-state index in [1.165, 1.54) is 0 Å². The van der Waals surface area contributed by atoms with Crippen LogP contribution in [0, 0.1) is 0 Å². The Labute approximate surface area is 148 Å². The third-order valence-corrected chi connectivity index (χ3v) is 4.32. The second kappa shape index (κ2) is 7.88. The van der Waals surface area contributed by atoms with Crippen LogP contribution in [0.4, 0.5) is 0 Å². The monoisotopic (exact) mass is 337 g/mol. The van der Waals surface area contributed by atoms with Gasteiger partial charge in [0.2, 0.25) is 5.91 Å². The smallest absolute Gasteiger partial charge is 0.247 e. The Balaban J connectivity index is 1.66. The number of carbonyl (C=O) groups is 1. The summed E-state index contributed by atoms with van der Waals surface area (Å²) in [5.41, 5.74) is 2.09. The molecular formula is C21H23NO3. The van der Waals surface area contributed by atoms with E-state index < -0.39 is 0 Å². The largest absolute Gasteiger partial charge is 0.497 e. The zero-order chi connectivity index (χ0) is 17.6. The molecule has 1 aliphatic rings. The normalized spacial score (nSPS) is 13.7. The summed E-state index contributed by atoms with van der Waals surface area (Å²) in [5.74, 6) is 1.68. The number of methoxy groups -OCH3 is 2. The van der Waals surface area contributed by atoms with Crippen LogP contribution in [0.2, 0.25) is 0 Å². The Morgan fingerprint density at radius 3 is 2.08 bits per heavy atom. The van der Waals surface area contributed by atoms with E-state index in [0.29, 0.717) is 12.6 Å². The van der Waals surface area contributed by atoms with Crippen molar-refractivity contribution < 1.29 is 14.3 Å². The summed E-state index contributed by atoms with van der Waals surface area (Å²) >= 11 is 0. The minimum atomic E-state index is 0.0501. The zero-order valence-corrected chi connectivity index (χ0v) is 14.6.